The van der Waals surface area contributed by atoms with Crippen LogP contribution in [-0.2, 0) is 11.3 Å². The van der Waals surface area contributed by atoms with E-state index in [1.54, 1.807) is 13.8 Å². The molecule has 1 aromatic rings. The lowest BCUT2D eigenvalue weighted by Crippen LogP contribution is -2.30. The van der Waals surface area contributed by atoms with Gasteiger partial charge >= 0.3 is 5.97 Å². The Morgan fingerprint density at radius 2 is 1.95 bits per heavy atom. The predicted molar refractivity (Wildman–Crippen MR) is 81.9 cm³/mol. The van der Waals surface area contributed by atoms with Gasteiger partial charge < -0.3 is 19.9 Å². The Bertz CT molecular complexity index is 471. The topological polar surface area (TPSA) is 67.8 Å². The largest absolute Gasteiger partial charge is 0.490 e. The predicted octanol–water partition coefficient (Wildman–Crippen LogP) is 2.68. The van der Waals surface area contributed by atoms with Crippen LogP contribution in [0, 0.1) is 5.41 Å². The van der Waals surface area contributed by atoms with Gasteiger partial charge in [0, 0.05) is 6.54 Å². The first-order valence-electron chi connectivity index (χ1n) is 7.23. The highest BCUT2D eigenvalue weighted by Crippen LogP contribution is 2.30. The summed E-state index contributed by atoms with van der Waals surface area (Å²) in [6.45, 7) is 9.51. The van der Waals surface area contributed by atoms with E-state index in [0.29, 0.717) is 18.1 Å². The Kier molecular flexibility index (Phi) is 6.49. The molecule has 0 saturated heterocycles. The lowest BCUT2D eigenvalue weighted by Gasteiger charge is -2.21. The van der Waals surface area contributed by atoms with E-state index in [1.807, 2.05) is 25.1 Å². The van der Waals surface area contributed by atoms with E-state index in [0.717, 1.165) is 18.7 Å². The monoisotopic (exact) mass is 295 g/mol. The molecule has 0 bridgehead atoms. The number of benzene rings is 1. The third kappa shape index (κ3) is 5.27. The number of carboxylic acids is 1. The minimum atomic E-state index is -0.939. The van der Waals surface area contributed by atoms with Crippen LogP contribution in [0.4, 0.5) is 0 Å². The van der Waals surface area contributed by atoms with Crippen molar-refractivity contribution in [2.75, 3.05) is 19.8 Å². The van der Waals surface area contributed by atoms with E-state index in [1.165, 1.54) is 0 Å². The summed E-state index contributed by atoms with van der Waals surface area (Å²) in [5.74, 6) is 0.338. The maximum absolute atomic E-state index is 11.1. The van der Waals surface area contributed by atoms with Gasteiger partial charge in [-0.2, -0.15) is 0 Å². The number of rotatable bonds is 9. The van der Waals surface area contributed by atoms with E-state index in [2.05, 4.69) is 12.2 Å². The van der Waals surface area contributed by atoms with E-state index < -0.39 is 11.4 Å². The zero-order valence-electron chi connectivity index (χ0n) is 13.2. The average molecular weight is 295 g/mol. The quantitative estimate of drug-likeness (QED) is 0.733. The summed E-state index contributed by atoms with van der Waals surface area (Å²) in [6.07, 6.45) is 0. The van der Waals surface area contributed by atoms with Gasteiger partial charge in [-0.15, -0.1) is 0 Å². The number of carbonyl (C=O) groups is 1. The Morgan fingerprint density at radius 1 is 1.24 bits per heavy atom. The van der Waals surface area contributed by atoms with Crippen molar-refractivity contribution < 1.29 is 19.4 Å². The molecule has 0 fully saturated rings. The molecular formula is C16H25NO4. The molecule has 1 aromatic carbocycles. The van der Waals surface area contributed by atoms with E-state index in [-0.39, 0.29) is 6.61 Å². The fraction of sp³-hybridized carbons (Fsp3) is 0.562. The SMILES string of the molecule is CCNCc1ccc(OCC(C)(C)C(=O)O)c(OCC)c1. The van der Waals surface area contributed by atoms with Crippen LogP contribution in [0.5, 0.6) is 11.5 Å². The van der Waals surface area contributed by atoms with Crippen LogP contribution < -0.4 is 14.8 Å². The second kappa shape index (κ2) is 7.88. The molecule has 0 atom stereocenters. The first-order valence-corrected chi connectivity index (χ1v) is 7.23. The summed E-state index contributed by atoms with van der Waals surface area (Å²) >= 11 is 0. The molecule has 0 saturated carbocycles. The first-order chi connectivity index (χ1) is 9.90. The molecule has 0 heterocycles. The van der Waals surface area contributed by atoms with Crippen LogP contribution in [-0.4, -0.2) is 30.8 Å². The van der Waals surface area contributed by atoms with Gasteiger partial charge in [0.05, 0.1) is 12.0 Å². The van der Waals surface area contributed by atoms with Gasteiger partial charge in [-0.3, -0.25) is 4.79 Å². The second-order valence-corrected chi connectivity index (χ2v) is 5.47. The van der Waals surface area contributed by atoms with Crippen molar-refractivity contribution in [1.29, 1.82) is 0 Å². The summed E-state index contributed by atoms with van der Waals surface area (Å²) < 4.78 is 11.2. The van der Waals surface area contributed by atoms with Crippen molar-refractivity contribution in [3.05, 3.63) is 23.8 Å². The molecule has 5 nitrogen and oxygen atoms in total. The van der Waals surface area contributed by atoms with Gasteiger partial charge in [-0.25, -0.2) is 0 Å². The highest BCUT2D eigenvalue weighted by molar-refractivity contribution is 5.73. The summed E-state index contributed by atoms with van der Waals surface area (Å²) in [5, 5.41) is 12.4. The molecule has 5 heteroatoms. The summed E-state index contributed by atoms with van der Waals surface area (Å²) in [7, 11) is 0. The smallest absolute Gasteiger partial charge is 0.312 e. The minimum Gasteiger partial charge on any atom is -0.490 e. The van der Waals surface area contributed by atoms with Crippen molar-refractivity contribution in [1.82, 2.24) is 5.32 Å². The zero-order chi connectivity index (χ0) is 15.9. The Labute approximate surface area is 126 Å². The normalized spacial score (nSPS) is 11.2. The van der Waals surface area contributed by atoms with Gasteiger partial charge in [-0.05, 0) is 45.0 Å². The maximum Gasteiger partial charge on any atom is 0.312 e. The number of carboxylic acid groups (broad SMARTS) is 1. The maximum atomic E-state index is 11.1. The first kappa shape index (κ1) is 17.3. The molecule has 21 heavy (non-hydrogen) atoms. The Balaban J connectivity index is 2.83. The third-order valence-corrected chi connectivity index (χ3v) is 3.05. The summed E-state index contributed by atoms with van der Waals surface area (Å²) in [4.78, 5) is 11.1. The Morgan fingerprint density at radius 3 is 2.52 bits per heavy atom. The van der Waals surface area contributed by atoms with Crippen molar-refractivity contribution >= 4 is 5.97 Å². The van der Waals surface area contributed by atoms with Crippen LogP contribution >= 0.6 is 0 Å². The number of ether oxygens (including phenoxy) is 2. The van der Waals surface area contributed by atoms with Crippen LogP contribution in [0.3, 0.4) is 0 Å². The highest BCUT2D eigenvalue weighted by Gasteiger charge is 2.28. The third-order valence-electron chi connectivity index (χ3n) is 3.05. The number of aliphatic carboxylic acids is 1. The lowest BCUT2D eigenvalue weighted by molar-refractivity contribution is -0.148. The van der Waals surface area contributed by atoms with Gasteiger partial charge in [0.25, 0.3) is 0 Å². The average Bonchev–Trinajstić information content (AvgIpc) is 2.44. The molecule has 2 N–H and O–H groups in total. The molecule has 0 aromatic heterocycles. The molecule has 0 aliphatic carbocycles. The van der Waals surface area contributed by atoms with Gasteiger partial charge in [-0.1, -0.05) is 13.0 Å². The molecule has 0 unspecified atom stereocenters. The van der Waals surface area contributed by atoms with Crippen molar-refractivity contribution in [3.63, 3.8) is 0 Å². The van der Waals surface area contributed by atoms with Crippen LogP contribution in [0.1, 0.15) is 33.3 Å². The van der Waals surface area contributed by atoms with Crippen molar-refractivity contribution in [2.24, 2.45) is 5.41 Å². The molecule has 0 spiro atoms. The van der Waals surface area contributed by atoms with E-state index in [4.69, 9.17) is 14.6 Å². The van der Waals surface area contributed by atoms with Gasteiger partial charge in [0.15, 0.2) is 11.5 Å². The molecule has 0 radical (unpaired) electrons. The minimum absolute atomic E-state index is 0.0922. The van der Waals surface area contributed by atoms with Crippen molar-refractivity contribution in [3.8, 4) is 11.5 Å². The summed E-state index contributed by atoms with van der Waals surface area (Å²) in [6, 6.07) is 5.71. The number of hydrogen-bond acceptors (Lipinski definition) is 4. The van der Waals surface area contributed by atoms with Crippen LogP contribution in [0.2, 0.25) is 0 Å². The van der Waals surface area contributed by atoms with Crippen LogP contribution in [0.15, 0.2) is 18.2 Å². The lowest BCUT2D eigenvalue weighted by atomic mass is 9.95. The molecule has 118 valence electrons. The molecule has 1 rings (SSSR count). The molecular weight excluding hydrogens is 270 g/mol. The number of nitrogens with one attached hydrogen (secondary N) is 1. The van der Waals surface area contributed by atoms with Gasteiger partial charge in [0.1, 0.15) is 6.61 Å². The van der Waals surface area contributed by atoms with Gasteiger partial charge in [0.2, 0.25) is 0 Å². The summed E-state index contributed by atoms with van der Waals surface area (Å²) in [5.41, 5.74) is 0.163. The number of hydrogen-bond donors (Lipinski definition) is 2. The van der Waals surface area contributed by atoms with Crippen molar-refractivity contribution in [2.45, 2.75) is 34.2 Å². The van der Waals surface area contributed by atoms with E-state index in [9.17, 15) is 4.79 Å². The zero-order valence-corrected chi connectivity index (χ0v) is 13.2. The fourth-order valence-corrected chi connectivity index (χ4v) is 1.64. The molecule has 0 amide bonds. The Hall–Kier alpha value is -1.75. The molecule has 0 aliphatic heterocycles. The standard InChI is InChI=1S/C16H25NO4/c1-5-17-10-12-7-8-13(14(9-12)20-6-2)21-11-16(3,4)15(18)19/h7-9,17H,5-6,10-11H2,1-4H3,(H,18,19). The fourth-order valence-electron chi connectivity index (χ4n) is 1.64. The highest BCUT2D eigenvalue weighted by atomic mass is 16.5. The molecule has 0 aliphatic rings. The van der Waals surface area contributed by atoms with Crippen LogP contribution in [0.25, 0.3) is 0 Å². The van der Waals surface area contributed by atoms with E-state index >= 15 is 0 Å². The second-order valence-electron chi connectivity index (χ2n) is 5.47.